The molecule has 4 aromatic rings. The highest BCUT2D eigenvalue weighted by Crippen LogP contribution is 2.21. The van der Waals surface area contributed by atoms with Crippen LogP contribution in [0.1, 0.15) is 11.5 Å². The molecule has 4 aromatic heterocycles. The molecule has 0 aliphatic heterocycles. The largest absolute Gasteiger partial charge is 0.329 e. The fourth-order valence-electron chi connectivity index (χ4n) is 2.21. The molecule has 0 saturated carbocycles. The Bertz CT molecular complexity index is 960. The number of rotatable bonds is 2. The van der Waals surface area contributed by atoms with Gasteiger partial charge < -0.3 is 9.97 Å². The van der Waals surface area contributed by atoms with Crippen molar-refractivity contribution in [2.45, 2.75) is 6.42 Å². The molecule has 0 radical (unpaired) electrons. The van der Waals surface area contributed by atoms with Crippen molar-refractivity contribution >= 4 is 56.5 Å². The second-order valence-electron chi connectivity index (χ2n) is 4.55. The summed E-state index contributed by atoms with van der Waals surface area (Å²) in [7, 11) is 0. The lowest BCUT2D eigenvalue weighted by Gasteiger charge is -1.99. The van der Waals surface area contributed by atoms with Crippen molar-refractivity contribution in [3.63, 3.8) is 0 Å². The molecule has 0 atom stereocenters. The zero-order valence-corrected chi connectivity index (χ0v) is 13.5. The summed E-state index contributed by atoms with van der Waals surface area (Å²) in [5.41, 5.74) is 3.95. The number of hydrogen-bond acceptors (Lipinski definition) is 4. The molecule has 2 N–H and O–H groups in total. The number of halogens is 2. The summed E-state index contributed by atoms with van der Waals surface area (Å²) in [6, 6.07) is 3.73. The maximum absolute atomic E-state index is 6.11. The van der Waals surface area contributed by atoms with E-state index in [1.165, 1.54) is 0 Å². The van der Waals surface area contributed by atoms with Gasteiger partial charge in [-0.1, -0.05) is 11.6 Å². The molecule has 0 amide bonds. The van der Waals surface area contributed by atoms with Gasteiger partial charge in [-0.3, -0.25) is 0 Å². The van der Waals surface area contributed by atoms with Crippen LogP contribution in [0.15, 0.2) is 24.7 Å². The maximum atomic E-state index is 6.11. The summed E-state index contributed by atoms with van der Waals surface area (Å²) in [5.74, 6) is 0.785. The van der Waals surface area contributed by atoms with E-state index in [4.69, 9.17) is 11.6 Å². The minimum absolute atomic E-state index is 0.581. The van der Waals surface area contributed by atoms with Gasteiger partial charge in [0.2, 0.25) is 0 Å². The molecule has 0 saturated heterocycles. The van der Waals surface area contributed by atoms with Crippen LogP contribution in [-0.4, -0.2) is 29.9 Å². The first kappa shape index (κ1) is 13.0. The van der Waals surface area contributed by atoms with E-state index in [0.717, 1.165) is 26.3 Å². The molecule has 0 aliphatic rings. The van der Waals surface area contributed by atoms with E-state index in [1.807, 2.05) is 6.07 Å². The fourth-order valence-corrected chi connectivity index (χ4v) is 3.15. The van der Waals surface area contributed by atoms with Crippen LogP contribution in [0.4, 0.5) is 0 Å². The molecule has 0 aromatic carbocycles. The number of nitrogens with zero attached hydrogens (tertiary/aromatic N) is 4. The summed E-state index contributed by atoms with van der Waals surface area (Å²) >= 11 is 8.37. The molecule has 6 nitrogen and oxygen atoms in total. The molecule has 0 aliphatic carbocycles. The monoisotopic (exact) mass is 410 g/mol. The predicted octanol–water partition coefficient (Wildman–Crippen LogP) is 3.08. The number of nitrogens with one attached hydrogen (secondary N) is 2. The molecule has 0 fully saturated rings. The highest BCUT2D eigenvalue weighted by atomic mass is 127. The molecule has 0 unspecified atom stereocenters. The number of H-pyrrole nitrogens is 2. The maximum Gasteiger partial charge on any atom is 0.158 e. The molecule has 104 valence electrons. The van der Waals surface area contributed by atoms with E-state index in [1.54, 1.807) is 18.6 Å². The third-order valence-electron chi connectivity index (χ3n) is 3.13. The summed E-state index contributed by atoms with van der Waals surface area (Å²) in [5, 5.41) is 0.592. The van der Waals surface area contributed by atoms with Gasteiger partial charge in [-0.25, -0.2) is 19.9 Å². The van der Waals surface area contributed by atoms with Crippen molar-refractivity contribution in [2.24, 2.45) is 0 Å². The highest BCUT2D eigenvalue weighted by Gasteiger charge is 2.11. The van der Waals surface area contributed by atoms with Gasteiger partial charge in [0.05, 0.1) is 17.0 Å². The first-order valence-corrected chi connectivity index (χ1v) is 7.64. The first-order valence-electron chi connectivity index (χ1n) is 6.18. The Kier molecular flexibility index (Phi) is 3.03. The van der Waals surface area contributed by atoms with Crippen LogP contribution in [0, 0.1) is 3.57 Å². The van der Waals surface area contributed by atoms with Crippen molar-refractivity contribution in [1.82, 2.24) is 29.9 Å². The Labute approximate surface area is 137 Å². The third-order valence-corrected chi connectivity index (χ3v) is 4.25. The van der Waals surface area contributed by atoms with E-state index in [0.29, 0.717) is 22.6 Å². The van der Waals surface area contributed by atoms with Gasteiger partial charge in [-0.2, -0.15) is 0 Å². The van der Waals surface area contributed by atoms with Crippen molar-refractivity contribution < 1.29 is 0 Å². The lowest BCUT2D eigenvalue weighted by molar-refractivity contribution is 0.989. The van der Waals surface area contributed by atoms with Gasteiger partial charge in [0.1, 0.15) is 16.9 Å². The third kappa shape index (κ3) is 2.26. The Morgan fingerprint density at radius 1 is 1.14 bits per heavy atom. The Morgan fingerprint density at radius 2 is 2.05 bits per heavy atom. The number of pyridine rings is 2. The average molecular weight is 411 g/mol. The normalized spacial score (nSPS) is 11.5. The van der Waals surface area contributed by atoms with Crippen molar-refractivity contribution in [1.29, 1.82) is 0 Å². The van der Waals surface area contributed by atoms with E-state index in [2.05, 4.69) is 52.5 Å². The van der Waals surface area contributed by atoms with E-state index in [9.17, 15) is 0 Å². The number of hydrogen-bond donors (Lipinski definition) is 2. The molecule has 8 heteroatoms. The molecule has 0 spiro atoms. The molecule has 4 heterocycles. The molecule has 0 bridgehead atoms. The zero-order chi connectivity index (χ0) is 14.4. The van der Waals surface area contributed by atoms with Gasteiger partial charge >= 0.3 is 0 Å². The fraction of sp³-hybridized carbons (Fsp3) is 0.0769. The smallest absolute Gasteiger partial charge is 0.158 e. The van der Waals surface area contributed by atoms with Crippen LogP contribution in [0.25, 0.3) is 22.3 Å². The second-order valence-corrected chi connectivity index (χ2v) is 6.11. The summed E-state index contributed by atoms with van der Waals surface area (Å²) in [6.45, 7) is 0. The van der Waals surface area contributed by atoms with Crippen LogP contribution in [0.2, 0.25) is 5.02 Å². The summed E-state index contributed by atoms with van der Waals surface area (Å²) in [4.78, 5) is 23.7. The molecule has 4 rings (SSSR count). The van der Waals surface area contributed by atoms with Crippen LogP contribution in [-0.2, 0) is 6.42 Å². The number of imidazole rings is 2. The second kappa shape index (κ2) is 4.92. The van der Waals surface area contributed by atoms with E-state index >= 15 is 0 Å². The first-order chi connectivity index (χ1) is 10.2. The Balaban J connectivity index is 1.77. The number of fused-ring (bicyclic) bond motifs is 2. The van der Waals surface area contributed by atoms with Gasteiger partial charge in [0, 0.05) is 16.2 Å². The van der Waals surface area contributed by atoms with Crippen LogP contribution in [0.5, 0.6) is 0 Å². The van der Waals surface area contributed by atoms with Gasteiger partial charge in [-0.05, 0) is 34.7 Å². The average Bonchev–Trinajstić information content (AvgIpc) is 3.06. The van der Waals surface area contributed by atoms with Crippen molar-refractivity contribution in [3.8, 4) is 0 Å². The number of aromatic nitrogens is 6. The molecular weight excluding hydrogens is 403 g/mol. The predicted molar refractivity (Wildman–Crippen MR) is 88.3 cm³/mol. The van der Waals surface area contributed by atoms with Gasteiger partial charge in [0.15, 0.2) is 11.3 Å². The quantitative estimate of drug-likeness (QED) is 0.498. The van der Waals surface area contributed by atoms with Gasteiger partial charge in [0.25, 0.3) is 0 Å². The standard InChI is InChI=1S/C13H8ClIN6/c14-7-1-2-16-12-10(7)20-9(21-12)4-6-3-8(15)11-13(19-6)18-5-17-11/h1-3,5H,4H2,(H,16,20,21)(H,17,18,19). The molecule has 21 heavy (non-hydrogen) atoms. The topological polar surface area (TPSA) is 83.1 Å². The van der Waals surface area contributed by atoms with Crippen molar-refractivity contribution in [2.75, 3.05) is 0 Å². The van der Waals surface area contributed by atoms with E-state index in [-0.39, 0.29) is 0 Å². The SMILES string of the molecule is Clc1ccnc2[nH]c(Cc3cc(I)c4nc[nH]c4n3)nc12. The van der Waals surface area contributed by atoms with Crippen LogP contribution < -0.4 is 0 Å². The van der Waals surface area contributed by atoms with Crippen LogP contribution in [0.3, 0.4) is 0 Å². The van der Waals surface area contributed by atoms with Crippen LogP contribution >= 0.6 is 34.2 Å². The van der Waals surface area contributed by atoms with Gasteiger partial charge in [-0.15, -0.1) is 0 Å². The minimum Gasteiger partial charge on any atom is -0.329 e. The highest BCUT2D eigenvalue weighted by molar-refractivity contribution is 14.1. The zero-order valence-electron chi connectivity index (χ0n) is 10.6. The Hall–Kier alpha value is -1.74. The van der Waals surface area contributed by atoms with Crippen molar-refractivity contribution in [3.05, 3.63) is 44.8 Å². The van der Waals surface area contributed by atoms with E-state index < -0.39 is 0 Å². The number of aromatic amines is 2. The summed E-state index contributed by atoms with van der Waals surface area (Å²) in [6.07, 6.45) is 3.89. The lowest BCUT2D eigenvalue weighted by atomic mass is 10.2. The minimum atomic E-state index is 0.581. The summed E-state index contributed by atoms with van der Waals surface area (Å²) < 4.78 is 1.06. The Morgan fingerprint density at radius 3 is 2.90 bits per heavy atom. The molecular formula is C13H8ClIN6. The lowest BCUT2D eigenvalue weighted by Crippen LogP contribution is -1.96.